The molecular weight excluding hydrogens is 253 g/mol. The van der Waals surface area contributed by atoms with Gasteiger partial charge in [0.1, 0.15) is 0 Å². The maximum Gasteiger partial charge on any atom is 0.416 e. The van der Waals surface area contributed by atoms with Gasteiger partial charge in [0.15, 0.2) is 0 Å². The summed E-state index contributed by atoms with van der Waals surface area (Å²) >= 11 is 0. The van der Waals surface area contributed by atoms with Crippen LogP contribution in [0.1, 0.15) is 25.1 Å². The number of aryl methyl sites for hydroxylation is 1. The van der Waals surface area contributed by atoms with Crippen molar-refractivity contribution < 1.29 is 13.2 Å². The highest BCUT2D eigenvalue weighted by atomic mass is 19.4. The quantitative estimate of drug-likeness (QED) is 0.908. The van der Waals surface area contributed by atoms with Crippen LogP contribution in [0.2, 0.25) is 0 Å². The third-order valence-electron chi connectivity index (χ3n) is 3.16. The van der Waals surface area contributed by atoms with Gasteiger partial charge in [-0.1, -0.05) is 0 Å². The van der Waals surface area contributed by atoms with Crippen LogP contribution in [0.25, 0.3) is 10.9 Å². The van der Waals surface area contributed by atoms with Crippen LogP contribution in [0, 0.1) is 0 Å². The first kappa shape index (κ1) is 13.9. The Morgan fingerprint density at radius 3 is 2.47 bits per heavy atom. The molecule has 0 amide bonds. The molecule has 0 radical (unpaired) electrons. The van der Waals surface area contributed by atoms with Crippen molar-refractivity contribution >= 4 is 10.9 Å². The highest BCUT2D eigenvalue weighted by Gasteiger charge is 2.30. The van der Waals surface area contributed by atoms with E-state index in [1.165, 1.54) is 12.1 Å². The second kappa shape index (κ2) is 4.89. The Labute approximate surface area is 110 Å². The van der Waals surface area contributed by atoms with Crippen molar-refractivity contribution in [2.24, 2.45) is 5.73 Å². The van der Waals surface area contributed by atoms with Gasteiger partial charge in [0.2, 0.25) is 0 Å². The minimum atomic E-state index is -4.30. The SMILES string of the molecule is CCn1c(CC(C)N)cc2cc(C(F)(F)F)ccc21. The lowest BCUT2D eigenvalue weighted by Crippen LogP contribution is -2.19. The van der Waals surface area contributed by atoms with Gasteiger partial charge in [0.25, 0.3) is 0 Å². The van der Waals surface area contributed by atoms with Crippen LogP contribution in [0.5, 0.6) is 0 Å². The summed E-state index contributed by atoms with van der Waals surface area (Å²) in [6.07, 6.45) is -3.65. The van der Waals surface area contributed by atoms with Crippen molar-refractivity contribution in [3.63, 3.8) is 0 Å². The Kier molecular flexibility index (Phi) is 3.58. The van der Waals surface area contributed by atoms with Crippen LogP contribution in [0.4, 0.5) is 13.2 Å². The molecule has 0 aliphatic heterocycles. The third-order valence-corrected chi connectivity index (χ3v) is 3.16. The van der Waals surface area contributed by atoms with Gasteiger partial charge >= 0.3 is 6.18 Å². The van der Waals surface area contributed by atoms with E-state index in [9.17, 15) is 13.2 Å². The van der Waals surface area contributed by atoms with E-state index in [4.69, 9.17) is 5.73 Å². The van der Waals surface area contributed by atoms with Crippen molar-refractivity contribution in [1.29, 1.82) is 0 Å². The molecule has 0 saturated heterocycles. The number of rotatable bonds is 3. The highest BCUT2D eigenvalue weighted by molar-refractivity contribution is 5.82. The summed E-state index contributed by atoms with van der Waals surface area (Å²) in [7, 11) is 0. The number of nitrogens with zero attached hydrogens (tertiary/aromatic N) is 1. The highest BCUT2D eigenvalue weighted by Crippen LogP contribution is 2.32. The fourth-order valence-electron chi connectivity index (χ4n) is 2.38. The van der Waals surface area contributed by atoms with Crippen molar-refractivity contribution in [1.82, 2.24) is 4.57 Å². The Balaban J connectivity index is 2.56. The Hall–Kier alpha value is -1.49. The van der Waals surface area contributed by atoms with E-state index >= 15 is 0 Å². The number of benzene rings is 1. The van der Waals surface area contributed by atoms with E-state index in [0.717, 1.165) is 23.8 Å². The van der Waals surface area contributed by atoms with Gasteiger partial charge in [-0.25, -0.2) is 0 Å². The van der Waals surface area contributed by atoms with Crippen LogP contribution < -0.4 is 5.73 Å². The number of alkyl halides is 3. The minimum absolute atomic E-state index is 0.0169. The maximum atomic E-state index is 12.7. The fourth-order valence-corrected chi connectivity index (χ4v) is 2.38. The normalized spacial score (nSPS) is 14.0. The molecule has 19 heavy (non-hydrogen) atoms. The predicted molar refractivity (Wildman–Crippen MR) is 70.0 cm³/mol. The molecule has 2 aromatic rings. The van der Waals surface area contributed by atoms with Crippen LogP contribution >= 0.6 is 0 Å². The van der Waals surface area contributed by atoms with Crippen LogP contribution in [0.3, 0.4) is 0 Å². The third kappa shape index (κ3) is 2.76. The van der Waals surface area contributed by atoms with Crippen molar-refractivity contribution in [2.75, 3.05) is 0 Å². The molecule has 0 aliphatic carbocycles. The van der Waals surface area contributed by atoms with Crippen molar-refractivity contribution in [3.05, 3.63) is 35.5 Å². The van der Waals surface area contributed by atoms with Crippen molar-refractivity contribution in [2.45, 2.75) is 39.0 Å². The lowest BCUT2D eigenvalue weighted by atomic mass is 10.1. The largest absolute Gasteiger partial charge is 0.416 e. The fraction of sp³-hybridized carbons (Fsp3) is 0.429. The Bertz CT molecular complexity index is 582. The number of hydrogen-bond acceptors (Lipinski definition) is 1. The first-order chi connectivity index (χ1) is 8.82. The van der Waals surface area contributed by atoms with Gasteiger partial charge in [-0.2, -0.15) is 13.2 Å². The molecule has 2 rings (SSSR count). The first-order valence-electron chi connectivity index (χ1n) is 6.28. The average Bonchev–Trinajstić information content (AvgIpc) is 2.62. The summed E-state index contributed by atoms with van der Waals surface area (Å²) in [5.41, 5.74) is 6.97. The zero-order valence-corrected chi connectivity index (χ0v) is 11.0. The first-order valence-corrected chi connectivity index (χ1v) is 6.28. The molecule has 0 bridgehead atoms. The second-order valence-electron chi connectivity index (χ2n) is 4.83. The molecule has 2 nitrogen and oxygen atoms in total. The topological polar surface area (TPSA) is 30.9 Å². The predicted octanol–water partition coefficient (Wildman–Crippen LogP) is 3.57. The molecule has 1 aromatic carbocycles. The van der Waals surface area contributed by atoms with Crippen LogP contribution in [0.15, 0.2) is 24.3 Å². The molecule has 2 N–H and O–H groups in total. The lowest BCUT2D eigenvalue weighted by Gasteiger charge is -2.10. The number of nitrogens with two attached hydrogens (primary N) is 1. The molecule has 1 unspecified atom stereocenters. The summed E-state index contributed by atoms with van der Waals surface area (Å²) in [4.78, 5) is 0. The lowest BCUT2D eigenvalue weighted by molar-refractivity contribution is -0.137. The van der Waals surface area contributed by atoms with Gasteiger partial charge in [-0.3, -0.25) is 0 Å². The molecule has 1 aromatic heterocycles. The zero-order valence-electron chi connectivity index (χ0n) is 11.0. The van der Waals surface area contributed by atoms with E-state index in [0.29, 0.717) is 11.8 Å². The summed E-state index contributed by atoms with van der Waals surface area (Å²) < 4.78 is 40.1. The number of halogens is 3. The number of aromatic nitrogens is 1. The van der Waals surface area contributed by atoms with Gasteiger partial charge < -0.3 is 10.3 Å². The second-order valence-corrected chi connectivity index (χ2v) is 4.83. The number of hydrogen-bond donors (Lipinski definition) is 1. The summed E-state index contributed by atoms with van der Waals surface area (Å²) in [5, 5.41) is 0.618. The molecular formula is C14H17F3N2. The molecule has 0 fully saturated rings. The molecule has 1 atom stereocenters. The van der Waals surface area contributed by atoms with Crippen LogP contribution in [-0.4, -0.2) is 10.6 Å². The molecule has 104 valence electrons. The molecule has 1 heterocycles. The van der Waals surface area contributed by atoms with Gasteiger partial charge in [-0.05, 0) is 38.1 Å². The monoisotopic (exact) mass is 270 g/mol. The Morgan fingerprint density at radius 1 is 1.26 bits per heavy atom. The summed E-state index contributed by atoms with van der Waals surface area (Å²) in [6.45, 7) is 4.58. The molecule has 0 saturated carbocycles. The van der Waals surface area contributed by atoms with E-state index in [1.807, 2.05) is 18.4 Å². The van der Waals surface area contributed by atoms with E-state index < -0.39 is 11.7 Å². The standard InChI is InChI=1S/C14H17F3N2/c1-3-19-12(6-9(2)18)8-10-7-11(14(15,16)17)4-5-13(10)19/h4-5,7-9H,3,6,18H2,1-2H3. The summed E-state index contributed by atoms with van der Waals surface area (Å²) in [5.74, 6) is 0. The van der Waals surface area contributed by atoms with E-state index in [-0.39, 0.29) is 6.04 Å². The maximum absolute atomic E-state index is 12.7. The van der Waals surface area contributed by atoms with Crippen molar-refractivity contribution in [3.8, 4) is 0 Å². The van der Waals surface area contributed by atoms with E-state index in [1.54, 1.807) is 6.07 Å². The van der Waals surface area contributed by atoms with Crippen LogP contribution in [-0.2, 0) is 19.1 Å². The van der Waals surface area contributed by atoms with Gasteiger partial charge in [-0.15, -0.1) is 0 Å². The molecule has 0 spiro atoms. The zero-order chi connectivity index (χ0) is 14.2. The van der Waals surface area contributed by atoms with E-state index in [2.05, 4.69) is 0 Å². The molecule has 5 heteroatoms. The number of fused-ring (bicyclic) bond motifs is 1. The Morgan fingerprint density at radius 2 is 1.95 bits per heavy atom. The van der Waals surface area contributed by atoms with Gasteiger partial charge in [0, 0.05) is 35.6 Å². The average molecular weight is 270 g/mol. The smallest absolute Gasteiger partial charge is 0.345 e. The summed E-state index contributed by atoms with van der Waals surface area (Å²) in [6, 6.07) is 5.65. The minimum Gasteiger partial charge on any atom is -0.345 e. The molecule has 0 aliphatic rings. The van der Waals surface area contributed by atoms with Gasteiger partial charge in [0.05, 0.1) is 5.56 Å².